The van der Waals surface area contributed by atoms with Crippen LogP contribution < -0.4 is 31.4 Å². The molecule has 0 fully saturated rings. The minimum atomic E-state index is -4.47. The molecule has 1 aliphatic heterocycles. The second-order valence-electron chi connectivity index (χ2n) is 18.1. The van der Waals surface area contributed by atoms with Crippen LogP contribution in [0.25, 0.3) is 0 Å². The lowest BCUT2D eigenvalue weighted by atomic mass is 9.76. The number of hydrogen-bond donors (Lipinski definition) is 4. The largest absolute Gasteiger partial charge is 0.465 e. The molecule has 16 heteroatoms. The number of carbonyl (C=O) groups is 3. The number of hydrogen-bond acceptors (Lipinski definition) is 9. The standard InChI is InChI=1S/C54H60N3O10PS2/c1-37-25-27-42(69(61,62)63)35-45(37)53(3,4)38(2)18-17-23-49-54(5,6)46-36-43(70(64,65)66)28-30-47(46)57(49)33-16-10-15-24-50(58)55-31-32-56-51(59)39-26-29-44(52(60)67-7)48(34-39)68(40-19-11-8-12-20-40)41-21-13-9-14-22-41/h8-9,11-14,17-23,25-30,34-36H,2,10,15-16,24,31-33H2,1,3-7H3,(H,55,58)(H,56,59)(H,61,62,63)(H,64,65,66)/b18-17+,49-23+. The molecule has 0 aromatic heterocycles. The van der Waals surface area contributed by atoms with Gasteiger partial charge in [0.15, 0.2) is 0 Å². The van der Waals surface area contributed by atoms with E-state index in [2.05, 4.69) is 22.1 Å². The van der Waals surface area contributed by atoms with Gasteiger partial charge in [-0.1, -0.05) is 120 Å². The van der Waals surface area contributed by atoms with Gasteiger partial charge < -0.3 is 20.3 Å². The first-order valence-electron chi connectivity index (χ1n) is 22.8. The number of amides is 2. The second kappa shape index (κ2) is 22.2. The number of ether oxygens (including phenoxy) is 1. The van der Waals surface area contributed by atoms with Crippen molar-refractivity contribution >= 4 is 67.5 Å². The molecule has 0 saturated carbocycles. The Morgan fingerprint density at radius 2 is 1.39 bits per heavy atom. The van der Waals surface area contributed by atoms with Gasteiger partial charge in [-0.25, -0.2) is 4.79 Å². The van der Waals surface area contributed by atoms with E-state index in [0.717, 1.165) is 27.6 Å². The number of unbranched alkanes of at least 4 members (excludes halogenated alkanes) is 2. The predicted molar refractivity (Wildman–Crippen MR) is 277 cm³/mol. The van der Waals surface area contributed by atoms with E-state index >= 15 is 0 Å². The van der Waals surface area contributed by atoms with Gasteiger partial charge in [0.25, 0.3) is 26.1 Å². The molecule has 1 aliphatic rings. The summed E-state index contributed by atoms with van der Waals surface area (Å²) in [6, 6.07) is 33.7. The van der Waals surface area contributed by atoms with Gasteiger partial charge >= 0.3 is 5.97 Å². The summed E-state index contributed by atoms with van der Waals surface area (Å²) < 4.78 is 73.0. The lowest BCUT2D eigenvalue weighted by Gasteiger charge is -2.29. The third-order valence-corrected chi connectivity index (χ3v) is 16.8. The molecule has 2 amide bonds. The Hall–Kier alpha value is -6.22. The average Bonchev–Trinajstić information content (AvgIpc) is 3.53. The SMILES string of the molecule is C=C(/C=C/C=C1/N(CCCCCC(=O)NCCNC(=O)c2ccc(C(=O)OC)c(P(c3ccccc3)c3ccccc3)c2)c2ccc(S(=O)(=O)O)cc2C1(C)C)C(C)(C)c1cc(S(=O)(=O)O)ccc1C. The van der Waals surface area contributed by atoms with Crippen molar-refractivity contribution in [2.24, 2.45) is 0 Å². The van der Waals surface area contributed by atoms with Gasteiger partial charge in [-0.2, -0.15) is 16.8 Å². The molecule has 0 spiro atoms. The van der Waals surface area contributed by atoms with E-state index in [1.165, 1.54) is 31.4 Å². The van der Waals surface area contributed by atoms with Gasteiger partial charge in [0.2, 0.25) is 5.91 Å². The zero-order valence-corrected chi connectivity index (χ0v) is 42.8. The first-order valence-corrected chi connectivity index (χ1v) is 27.0. The summed E-state index contributed by atoms with van der Waals surface area (Å²) in [7, 11) is -8.78. The van der Waals surface area contributed by atoms with Crippen molar-refractivity contribution in [1.29, 1.82) is 0 Å². The Morgan fingerprint density at radius 1 is 0.786 bits per heavy atom. The Labute approximate surface area is 413 Å². The molecule has 0 bridgehead atoms. The lowest BCUT2D eigenvalue weighted by molar-refractivity contribution is -0.121. The topological polar surface area (TPSA) is 196 Å². The van der Waals surface area contributed by atoms with Crippen LogP contribution in [-0.4, -0.2) is 70.5 Å². The number of esters is 1. The molecule has 5 aromatic carbocycles. The highest BCUT2D eigenvalue weighted by atomic mass is 32.2. The van der Waals surface area contributed by atoms with Crippen molar-refractivity contribution in [2.45, 2.75) is 80.9 Å². The van der Waals surface area contributed by atoms with E-state index in [0.29, 0.717) is 58.9 Å². The average molecular weight is 1010 g/mol. The van der Waals surface area contributed by atoms with E-state index in [9.17, 15) is 40.3 Å². The maximum Gasteiger partial charge on any atom is 0.338 e. The van der Waals surface area contributed by atoms with Crippen LogP contribution in [0.1, 0.15) is 90.8 Å². The fourth-order valence-electron chi connectivity index (χ4n) is 8.65. The maximum atomic E-state index is 13.5. The van der Waals surface area contributed by atoms with Crippen LogP contribution in [0.2, 0.25) is 0 Å². The molecule has 1 heterocycles. The van der Waals surface area contributed by atoms with Crippen LogP contribution in [0.15, 0.2) is 161 Å². The second-order valence-corrected chi connectivity index (χ2v) is 23.1. The monoisotopic (exact) mass is 1010 g/mol. The molecule has 13 nitrogen and oxygen atoms in total. The number of nitrogens with one attached hydrogen (secondary N) is 2. The third kappa shape index (κ3) is 12.4. The van der Waals surface area contributed by atoms with Crippen molar-refractivity contribution in [3.05, 3.63) is 179 Å². The summed E-state index contributed by atoms with van der Waals surface area (Å²) in [5.74, 6) is -1.00. The summed E-state index contributed by atoms with van der Waals surface area (Å²) in [6.45, 7) is 14.9. The Morgan fingerprint density at radius 3 is 2.00 bits per heavy atom. The third-order valence-electron chi connectivity index (χ3n) is 12.6. The molecule has 6 rings (SSSR count). The molecule has 0 aliphatic carbocycles. The molecular weight excluding hydrogens is 946 g/mol. The molecule has 368 valence electrons. The maximum absolute atomic E-state index is 13.5. The van der Waals surface area contributed by atoms with Gasteiger partial charge in [0, 0.05) is 59.1 Å². The Balaban J connectivity index is 1.07. The zero-order chi connectivity index (χ0) is 51.0. The number of rotatable bonds is 20. The lowest BCUT2D eigenvalue weighted by Crippen LogP contribution is -2.35. The van der Waals surface area contributed by atoms with Crippen LogP contribution in [0.4, 0.5) is 5.69 Å². The summed E-state index contributed by atoms with van der Waals surface area (Å²) in [4.78, 5) is 41.1. The van der Waals surface area contributed by atoms with E-state index in [4.69, 9.17) is 4.74 Å². The van der Waals surface area contributed by atoms with Gasteiger partial charge in [0.1, 0.15) is 0 Å². The van der Waals surface area contributed by atoms with Gasteiger partial charge in [-0.05, 0) is 115 Å². The summed E-state index contributed by atoms with van der Waals surface area (Å²) >= 11 is 0. The molecule has 0 atom stereocenters. The van der Waals surface area contributed by atoms with Crippen molar-refractivity contribution in [1.82, 2.24) is 10.6 Å². The Kier molecular flexibility index (Phi) is 16.9. The predicted octanol–water partition coefficient (Wildman–Crippen LogP) is 8.21. The van der Waals surface area contributed by atoms with Crippen molar-refractivity contribution < 1.29 is 45.1 Å². The minimum absolute atomic E-state index is 0.158. The molecule has 4 N–H and O–H groups in total. The van der Waals surface area contributed by atoms with Gasteiger partial charge in [-0.15, -0.1) is 0 Å². The molecule has 5 aromatic rings. The van der Waals surface area contributed by atoms with E-state index in [1.54, 1.807) is 30.3 Å². The number of fused-ring (bicyclic) bond motifs is 1. The number of anilines is 1. The summed E-state index contributed by atoms with van der Waals surface area (Å²) in [5, 5.41) is 8.48. The zero-order valence-electron chi connectivity index (χ0n) is 40.2. The number of nitrogens with zero attached hydrogens (tertiary/aromatic N) is 1. The van der Waals surface area contributed by atoms with Gasteiger partial charge in [-0.3, -0.25) is 18.7 Å². The number of carbonyl (C=O) groups excluding carboxylic acids is 3. The summed E-state index contributed by atoms with van der Waals surface area (Å²) in [5.41, 5.74) is 3.90. The van der Waals surface area contributed by atoms with Crippen molar-refractivity contribution in [3.63, 3.8) is 0 Å². The molecular formula is C54H60N3O10PS2. The molecule has 0 unspecified atom stereocenters. The fraction of sp³-hybridized carbons (Fsp3) is 0.278. The number of benzene rings is 5. The normalized spacial score (nSPS) is 14.2. The van der Waals surface area contributed by atoms with Gasteiger partial charge in [0.05, 0.1) is 22.5 Å². The quantitative estimate of drug-likeness (QED) is 0.0193. The van der Waals surface area contributed by atoms with Crippen LogP contribution in [0.5, 0.6) is 0 Å². The highest BCUT2D eigenvalue weighted by Gasteiger charge is 2.40. The number of methoxy groups -OCH3 is 1. The number of aryl methyl sites for hydroxylation is 1. The van der Waals surface area contributed by atoms with Crippen LogP contribution in [0.3, 0.4) is 0 Å². The molecule has 70 heavy (non-hydrogen) atoms. The number of allylic oxidation sites excluding steroid dienone is 5. The Bertz CT molecular complexity index is 3020. The summed E-state index contributed by atoms with van der Waals surface area (Å²) in [6.07, 6.45) is 7.88. The van der Waals surface area contributed by atoms with E-state index in [-0.39, 0.29) is 41.1 Å². The highest BCUT2D eigenvalue weighted by molar-refractivity contribution is 7.86. The van der Waals surface area contributed by atoms with E-state index in [1.807, 2.05) is 114 Å². The molecule has 0 saturated heterocycles. The van der Waals surface area contributed by atoms with E-state index < -0.39 is 45.0 Å². The smallest absolute Gasteiger partial charge is 0.338 e. The van der Waals surface area contributed by atoms with Crippen LogP contribution >= 0.6 is 7.92 Å². The van der Waals surface area contributed by atoms with Crippen LogP contribution in [0, 0.1) is 6.92 Å². The molecule has 0 radical (unpaired) electrons. The highest BCUT2D eigenvalue weighted by Crippen LogP contribution is 2.49. The first-order chi connectivity index (χ1) is 33.0. The fourth-order valence-corrected chi connectivity index (χ4v) is 12.1. The van der Waals surface area contributed by atoms with Crippen molar-refractivity contribution in [2.75, 3.05) is 31.6 Å². The minimum Gasteiger partial charge on any atom is -0.465 e. The van der Waals surface area contributed by atoms with Crippen LogP contribution in [-0.2, 0) is 40.6 Å². The van der Waals surface area contributed by atoms with Crippen molar-refractivity contribution in [3.8, 4) is 0 Å². The first kappa shape index (κ1) is 53.1.